The van der Waals surface area contributed by atoms with Gasteiger partial charge >= 0.3 is 0 Å². The van der Waals surface area contributed by atoms with Crippen LogP contribution < -0.4 is 4.74 Å². The molecule has 2 nitrogen and oxygen atoms in total. The molecule has 0 bridgehead atoms. The molecule has 144 valence electrons. The van der Waals surface area contributed by atoms with Crippen LogP contribution in [0.2, 0.25) is 0 Å². The summed E-state index contributed by atoms with van der Waals surface area (Å²) in [6.07, 6.45) is 11.7. The minimum atomic E-state index is -0.425. The van der Waals surface area contributed by atoms with Crippen LogP contribution in [0.4, 0.5) is 0 Å². The summed E-state index contributed by atoms with van der Waals surface area (Å²) in [5.74, 6) is 0.735. The molecule has 0 spiro atoms. The predicted octanol–water partition coefficient (Wildman–Crippen LogP) is 7.33. The third-order valence-electron chi connectivity index (χ3n) is 4.96. The molecule has 1 atom stereocenters. The van der Waals surface area contributed by atoms with Gasteiger partial charge in [0.15, 0.2) is 6.10 Å². The van der Waals surface area contributed by atoms with Gasteiger partial charge in [-0.15, -0.1) is 0 Å². The summed E-state index contributed by atoms with van der Waals surface area (Å²) in [5.41, 5.74) is 3.81. The molecule has 2 aromatic rings. The van der Waals surface area contributed by atoms with E-state index in [0.29, 0.717) is 0 Å². The molecule has 0 radical (unpaired) electrons. The van der Waals surface area contributed by atoms with Crippen LogP contribution in [0, 0.1) is 11.3 Å². The summed E-state index contributed by atoms with van der Waals surface area (Å²) < 4.78 is 5.50. The summed E-state index contributed by atoms with van der Waals surface area (Å²) in [7, 11) is 0. The molecule has 0 aliphatic heterocycles. The number of benzene rings is 2. The van der Waals surface area contributed by atoms with Gasteiger partial charge in [-0.2, -0.15) is 5.26 Å². The Bertz CT molecular complexity index is 682. The van der Waals surface area contributed by atoms with E-state index in [1.165, 1.54) is 74.5 Å². The number of rotatable bonds is 12. The first kappa shape index (κ1) is 21.0. The smallest absolute Gasteiger partial charge is 0.181 e. The lowest BCUT2D eigenvalue weighted by molar-refractivity contribution is 0.276. The molecule has 0 aliphatic carbocycles. The lowest BCUT2D eigenvalue weighted by Crippen LogP contribution is -2.07. The van der Waals surface area contributed by atoms with Crippen LogP contribution in [0.3, 0.4) is 0 Å². The van der Waals surface area contributed by atoms with Crippen molar-refractivity contribution in [1.29, 1.82) is 5.26 Å². The Morgan fingerprint density at radius 2 is 1.30 bits per heavy atom. The Morgan fingerprint density at radius 1 is 0.778 bits per heavy atom. The number of nitriles is 1. The van der Waals surface area contributed by atoms with Crippen molar-refractivity contribution in [3.05, 3.63) is 54.1 Å². The highest BCUT2D eigenvalue weighted by Crippen LogP contribution is 2.24. The molecule has 1 unspecified atom stereocenters. The molecule has 0 saturated heterocycles. The maximum Gasteiger partial charge on any atom is 0.181 e. The van der Waals surface area contributed by atoms with E-state index >= 15 is 0 Å². The maximum absolute atomic E-state index is 8.81. The predicted molar refractivity (Wildman–Crippen MR) is 114 cm³/mol. The molecule has 0 N–H and O–H groups in total. The van der Waals surface area contributed by atoms with Gasteiger partial charge in [0.2, 0.25) is 0 Å². The monoisotopic (exact) mass is 363 g/mol. The van der Waals surface area contributed by atoms with Crippen molar-refractivity contribution < 1.29 is 4.74 Å². The average Bonchev–Trinajstić information content (AvgIpc) is 2.71. The number of aryl methyl sites for hydroxylation is 1. The van der Waals surface area contributed by atoms with Crippen molar-refractivity contribution in [2.75, 3.05) is 0 Å². The Hall–Kier alpha value is -2.27. The topological polar surface area (TPSA) is 33.0 Å². The van der Waals surface area contributed by atoms with Crippen molar-refractivity contribution in [3.8, 4) is 22.9 Å². The van der Waals surface area contributed by atoms with Crippen molar-refractivity contribution in [2.24, 2.45) is 0 Å². The molecule has 2 aromatic carbocycles. The SMILES string of the molecule is CCCCCCCCCCc1ccc(-c2ccc(OC(C)C#N)cc2)cc1. The van der Waals surface area contributed by atoms with Crippen molar-refractivity contribution >= 4 is 0 Å². The zero-order chi connectivity index (χ0) is 19.3. The van der Waals surface area contributed by atoms with Gasteiger partial charge in [0.25, 0.3) is 0 Å². The standard InChI is InChI=1S/C25H33NO/c1-3-4-5-6-7-8-9-10-11-22-12-14-23(15-13-22)24-16-18-25(19-17-24)27-21(2)20-26/h12-19,21H,3-11H2,1-2H3. The van der Waals surface area contributed by atoms with Gasteiger partial charge in [-0.25, -0.2) is 0 Å². The second-order valence-corrected chi connectivity index (χ2v) is 7.34. The molecule has 2 heteroatoms. The lowest BCUT2D eigenvalue weighted by Gasteiger charge is -2.09. The highest BCUT2D eigenvalue weighted by atomic mass is 16.5. The first-order valence-corrected chi connectivity index (χ1v) is 10.5. The molecule has 0 amide bonds. The summed E-state index contributed by atoms with van der Waals surface area (Å²) in [4.78, 5) is 0. The van der Waals surface area contributed by atoms with Crippen LogP contribution in [0.25, 0.3) is 11.1 Å². The van der Waals surface area contributed by atoms with E-state index in [2.05, 4.69) is 37.3 Å². The largest absolute Gasteiger partial charge is 0.476 e. The lowest BCUT2D eigenvalue weighted by atomic mass is 10.0. The number of hydrogen-bond donors (Lipinski definition) is 0. The highest BCUT2D eigenvalue weighted by molar-refractivity contribution is 5.64. The van der Waals surface area contributed by atoms with E-state index in [-0.39, 0.29) is 0 Å². The summed E-state index contributed by atoms with van der Waals surface area (Å²) in [6.45, 7) is 4.02. The van der Waals surface area contributed by atoms with Crippen LogP contribution in [0.15, 0.2) is 48.5 Å². The molecular weight excluding hydrogens is 330 g/mol. The first-order chi connectivity index (χ1) is 13.2. The van der Waals surface area contributed by atoms with Gasteiger partial charge in [0.05, 0.1) is 0 Å². The minimum Gasteiger partial charge on any atom is -0.476 e. The Labute approximate surface area is 165 Å². The second kappa shape index (κ2) is 12.2. The van der Waals surface area contributed by atoms with Gasteiger partial charge in [-0.3, -0.25) is 0 Å². The quantitative estimate of drug-likeness (QED) is 0.370. The van der Waals surface area contributed by atoms with Gasteiger partial charge < -0.3 is 4.74 Å². The fourth-order valence-corrected chi connectivity index (χ4v) is 3.28. The van der Waals surface area contributed by atoms with Crippen molar-refractivity contribution in [2.45, 2.75) is 77.7 Å². The van der Waals surface area contributed by atoms with E-state index in [1.54, 1.807) is 6.92 Å². The molecule has 0 heterocycles. The van der Waals surface area contributed by atoms with Crippen molar-refractivity contribution in [3.63, 3.8) is 0 Å². The Balaban J connectivity index is 1.74. The van der Waals surface area contributed by atoms with Crippen LogP contribution in [-0.4, -0.2) is 6.10 Å². The third kappa shape index (κ3) is 7.87. The van der Waals surface area contributed by atoms with Crippen molar-refractivity contribution in [1.82, 2.24) is 0 Å². The molecule has 0 saturated carbocycles. The average molecular weight is 364 g/mol. The molecule has 0 aliphatic rings. The van der Waals surface area contributed by atoms with Gasteiger partial charge in [0, 0.05) is 0 Å². The van der Waals surface area contributed by atoms with Crippen LogP contribution in [0.1, 0.15) is 70.8 Å². The van der Waals surface area contributed by atoms with E-state index in [9.17, 15) is 0 Å². The number of nitrogens with zero attached hydrogens (tertiary/aromatic N) is 1. The van der Waals surface area contributed by atoms with Crippen LogP contribution >= 0.6 is 0 Å². The van der Waals surface area contributed by atoms with E-state index in [4.69, 9.17) is 10.00 Å². The Kier molecular flexibility index (Phi) is 9.49. The van der Waals surface area contributed by atoms with Gasteiger partial charge in [-0.05, 0) is 48.6 Å². The molecule has 0 fully saturated rings. The minimum absolute atomic E-state index is 0.425. The van der Waals surface area contributed by atoms with Gasteiger partial charge in [-0.1, -0.05) is 88.3 Å². The van der Waals surface area contributed by atoms with Gasteiger partial charge in [0.1, 0.15) is 11.8 Å². The molecule has 2 rings (SSSR count). The summed E-state index contributed by atoms with van der Waals surface area (Å²) in [6, 6.07) is 18.9. The first-order valence-electron chi connectivity index (χ1n) is 10.5. The summed E-state index contributed by atoms with van der Waals surface area (Å²) in [5, 5.41) is 8.81. The number of hydrogen-bond acceptors (Lipinski definition) is 2. The van der Waals surface area contributed by atoms with E-state index < -0.39 is 6.10 Å². The molecule has 27 heavy (non-hydrogen) atoms. The molecular formula is C25H33NO. The Morgan fingerprint density at radius 3 is 1.85 bits per heavy atom. The third-order valence-corrected chi connectivity index (χ3v) is 4.96. The number of ether oxygens (including phenoxy) is 1. The highest BCUT2D eigenvalue weighted by Gasteiger charge is 2.03. The van der Waals surface area contributed by atoms with Crippen LogP contribution in [-0.2, 0) is 6.42 Å². The normalized spacial score (nSPS) is 11.7. The second-order valence-electron chi connectivity index (χ2n) is 7.34. The maximum atomic E-state index is 8.81. The molecule has 0 aromatic heterocycles. The fraction of sp³-hybridized carbons (Fsp3) is 0.480. The van der Waals surface area contributed by atoms with E-state index in [0.717, 1.165) is 5.75 Å². The zero-order valence-electron chi connectivity index (χ0n) is 16.9. The summed E-state index contributed by atoms with van der Waals surface area (Å²) >= 11 is 0. The zero-order valence-corrected chi connectivity index (χ0v) is 16.9. The number of unbranched alkanes of at least 4 members (excludes halogenated alkanes) is 7. The van der Waals surface area contributed by atoms with E-state index in [1.807, 2.05) is 24.3 Å². The fourth-order valence-electron chi connectivity index (χ4n) is 3.28. The van der Waals surface area contributed by atoms with Crippen LogP contribution in [0.5, 0.6) is 5.75 Å².